The van der Waals surface area contributed by atoms with E-state index in [9.17, 15) is 14.9 Å². The molecule has 1 heterocycles. The van der Waals surface area contributed by atoms with Gasteiger partial charge in [-0.15, -0.1) is 0 Å². The predicted molar refractivity (Wildman–Crippen MR) is 107 cm³/mol. The first-order chi connectivity index (χ1) is 13.5. The van der Waals surface area contributed by atoms with E-state index in [1.54, 1.807) is 42.5 Å². The number of hydrogen-bond donors (Lipinski definition) is 1. The van der Waals surface area contributed by atoms with Gasteiger partial charge < -0.3 is 9.15 Å². The van der Waals surface area contributed by atoms with Crippen molar-refractivity contribution in [3.8, 4) is 17.1 Å². The predicted octanol–water partition coefficient (Wildman–Crippen LogP) is 4.39. The Morgan fingerprint density at radius 1 is 1.25 bits per heavy atom. The molecule has 0 fully saturated rings. The fraction of sp³-hybridized carbons (Fsp3) is 0.0526. The fourth-order valence-corrected chi connectivity index (χ4v) is 2.99. The van der Waals surface area contributed by atoms with E-state index in [-0.39, 0.29) is 5.69 Å². The molecule has 8 nitrogen and oxygen atoms in total. The topological polar surface area (TPSA) is 107 Å². The van der Waals surface area contributed by atoms with E-state index in [1.165, 1.54) is 25.5 Å². The average molecular weight is 444 g/mol. The molecule has 0 bridgehead atoms. The molecule has 1 amide bonds. The van der Waals surface area contributed by atoms with Gasteiger partial charge in [0, 0.05) is 22.2 Å². The van der Waals surface area contributed by atoms with Crippen LogP contribution in [0.15, 0.2) is 68.6 Å². The summed E-state index contributed by atoms with van der Waals surface area (Å²) < 4.78 is 11.3. The molecule has 9 heteroatoms. The van der Waals surface area contributed by atoms with Crippen LogP contribution in [0.25, 0.3) is 11.3 Å². The second-order valence-electron chi connectivity index (χ2n) is 5.52. The number of rotatable bonds is 6. The maximum atomic E-state index is 12.2. The lowest BCUT2D eigenvalue weighted by Crippen LogP contribution is -2.18. The number of halogens is 1. The molecule has 0 aliphatic rings. The van der Waals surface area contributed by atoms with Crippen molar-refractivity contribution in [1.29, 1.82) is 0 Å². The van der Waals surface area contributed by atoms with Crippen molar-refractivity contribution in [2.75, 3.05) is 7.11 Å². The number of furan rings is 1. The van der Waals surface area contributed by atoms with E-state index in [0.29, 0.717) is 32.9 Å². The summed E-state index contributed by atoms with van der Waals surface area (Å²) in [5, 5.41) is 14.7. The number of nitro groups is 1. The van der Waals surface area contributed by atoms with Crippen molar-refractivity contribution in [2.24, 2.45) is 5.10 Å². The minimum atomic E-state index is -0.473. The first kappa shape index (κ1) is 19.3. The molecule has 1 aromatic heterocycles. The molecule has 3 rings (SSSR count). The highest BCUT2D eigenvalue weighted by Crippen LogP contribution is 2.32. The lowest BCUT2D eigenvalue weighted by atomic mass is 10.1. The van der Waals surface area contributed by atoms with Crippen LogP contribution in [-0.2, 0) is 0 Å². The van der Waals surface area contributed by atoms with Crippen LogP contribution >= 0.6 is 15.9 Å². The molecule has 0 radical (unpaired) electrons. The van der Waals surface area contributed by atoms with Gasteiger partial charge in [-0.2, -0.15) is 5.10 Å². The van der Waals surface area contributed by atoms with Gasteiger partial charge >= 0.3 is 0 Å². The number of nitrogens with zero attached hydrogens (tertiary/aromatic N) is 2. The summed E-state index contributed by atoms with van der Waals surface area (Å²) in [5.41, 5.74) is 3.40. The molecule has 2 aromatic carbocycles. The zero-order valence-corrected chi connectivity index (χ0v) is 16.2. The maximum Gasteiger partial charge on any atom is 0.275 e. The van der Waals surface area contributed by atoms with Crippen molar-refractivity contribution >= 4 is 33.7 Å². The number of methoxy groups -OCH3 is 1. The maximum absolute atomic E-state index is 12.2. The summed E-state index contributed by atoms with van der Waals surface area (Å²) in [6.07, 6.45) is 1.36. The Balaban J connectivity index is 1.71. The first-order valence-electron chi connectivity index (χ1n) is 8.00. The van der Waals surface area contributed by atoms with Crippen molar-refractivity contribution < 1.29 is 18.9 Å². The van der Waals surface area contributed by atoms with E-state index in [4.69, 9.17) is 9.15 Å². The SMILES string of the molecule is COc1ccccc1C(=O)N/N=C\c1ccc(-c2ccc([N+](=O)[O-])cc2Br)o1. The molecular weight excluding hydrogens is 430 g/mol. The summed E-state index contributed by atoms with van der Waals surface area (Å²) in [6.45, 7) is 0. The van der Waals surface area contributed by atoms with Crippen LogP contribution in [-0.4, -0.2) is 24.2 Å². The van der Waals surface area contributed by atoms with Gasteiger partial charge in [-0.1, -0.05) is 12.1 Å². The van der Waals surface area contributed by atoms with Gasteiger partial charge in [0.05, 0.1) is 23.8 Å². The monoisotopic (exact) mass is 443 g/mol. The largest absolute Gasteiger partial charge is 0.496 e. The number of non-ortho nitro benzene ring substituents is 1. The Kier molecular flexibility index (Phi) is 5.85. The van der Waals surface area contributed by atoms with Gasteiger partial charge in [-0.3, -0.25) is 14.9 Å². The van der Waals surface area contributed by atoms with E-state index in [1.807, 2.05) is 0 Å². The van der Waals surface area contributed by atoms with E-state index >= 15 is 0 Å². The lowest BCUT2D eigenvalue weighted by Gasteiger charge is -2.05. The van der Waals surface area contributed by atoms with Crippen molar-refractivity contribution in [3.05, 3.63) is 80.5 Å². The zero-order valence-electron chi connectivity index (χ0n) is 14.6. The smallest absolute Gasteiger partial charge is 0.275 e. The van der Waals surface area contributed by atoms with Crippen molar-refractivity contribution in [2.45, 2.75) is 0 Å². The second kappa shape index (κ2) is 8.49. The molecule has 0 atom stereocenters. The quantitative estimate of drug-likeness (QED) is 0.345. The van der Waals surface area contributed by atoms with Crippen LogP contribution in [0.5, 0.6) is 5.75 Å². The van der Waals surface area contributed by atoms with Crippen LogP contribution in [0.2, 0.25) is 0 Å². The van der Waals surface area contributed by atoms with Gasteiger partial charge in [-0.05, 0) is 46.3 Å². The second-order valence-corrected chi connectivity index (χ2v) is 6.38. The summed E-state index contributed by atoms with van der Waals surface area (Å²) in [4.78, 5) is 22.5. The third-order valence-corrected chi connectivity index (χ3v) is 4.42. The normalized spacial score (nSPS) is 10.8. The van der Waals surface area contributed by atoms with Gasteiger partial charge in [0.15, 0.2) is 0 Å². The molecular formula is C19H14BrN3O5. The standard InChI is InChI=1S/C19H14BrN3O5/c1-27-17-5-3-2-4-15(17)19(24)22-21-11-13-7-9-18(28-13)14-8-6-12(23(25)26)10-16(14)20/h2-11H,1H3,(H,22,24)/b21-11-. The van der Waals surface area contributed by atoms with Crippen molar-refractivity contribution in [3.63, 3.8) is 0 Å². The van der Waals surface area contributed by atoms with Crippen LogP contribution in [0.1, 0.15) is 16.1 Å². The van der Waals surface area contributed by atoms with E-state index in [0.717, 1.165) is 0 Å². The Hall–Kier alpha value is -3.46. The van der Waals surface area contributed by atoms with Gasteiger partial charge in [0.2, 0.25) is 0 Å². The number of hydrazone groups is 1. The first-order valence-corrected chi connectivity index (χ1v) is 8.79. The number of para-hydroxylation sites is 1. The molecule has 1 N–H and O–H groups in total. The average Bonchev–Trinajstić information content (AvgIpc) is 3.16. The summed E-state index contributed by atoms with van der Waals surface area (Å²) in [5.74, 6) is 0.928. The van der Waals surface area contributed by atoms with Crippen molar-refractivity contribution in [1.82, 2.24) is 5.43 Å². The van der Waals surface area contributed by atoms with Crippen LogP contribution in [0.4, 0.5) is 5.69 Å². The Morgan fingerprint density at radius 2 is 2.04 bits per heavy atom. The Bertz CT molecular complexity index is 1060. The van der Waals surface area contributed by atoms with Crippen LogP contribution in [0.3, 0.4) is 0 Å². The molecule has 0 spiro atoms. The van der Waals surface area contributed by atoms with Gasteiger partial charge in [0.1, 0.15) is 17.3 Å². The van der Waals surface area contributed by atoms with E-state index < -0.39 is 10.8 Å². The molecule has 0 unspecified atom stereocenters. The van der Waals surface area contributed by atoms with Gasteiger partial charge in [0.25, 0.3) is 11.6 Å². The fourth-order valence-electron chi connectivity index (χ4n) is 2.43. The highest BCUT2D eigenvalue weighted by Gasteiger charge is 2.13. The minimum absolute atomic E-state index is 0.0250. The number of nitrogens with one attached hydrogen (secondary N) is 1. The molecule has 0 aliphatic carbocycles. The molecule has 0 saturated heterocycles. The summed E-state index contributed by atoms with van der Waals surface area (Å²) in [6, 6.07) is 14.5. The van der Waals surface area contributed by atoms with Crippen LogP contribution in [0, 0.1) is 10.1 Å². The summed E-state index contributed by atoms with van der Waals surface area (Å²) >= 11 is 3.31. The summed E-state index contributed by atoms with van der Waals surface area (Å²) in [7, 11) is 1.48. The molecule has 0 aliphatic heterocycles. The third kappa shape index (κ3) is 4.26. The lowest BCUT2D eigenvalue weighted by molar-refractivity contribution is -0.384. The number of carbonyl (C=O) groups is 1. The number of nitro benzene ring substituents is 1. The minimum Gasteiger partial charge on any atom is -0.496 e. The van der Waals surface area contributed by atoms with E-state index in [2.05, 4.69) is 26.5 Å². The third-order valence-electron chi connectivity index (χ3n) is 3.77. The number of ether oxygens (including phenoxy) is 1. The molecule has 142 valence electrons. The number of benzene rings is 2. The number of hydrogen-bond acceptors (Lipinski definition) is 6. The Labute approximate surface area is 168 Å². The van der Waals surface area contributed by atoms with Crippen LogP contribution < -0.4 is 10.2 Å². The Morgan fingerprint density at radius 3 is 2.75 bits per heavy atom. The molecule has 0 saturated carbocycles. The number of carbonyl (C=O) groups excluding carboxylic acids is 1. The molecule has 28 heavy (non-hydrogen) atoms. The molecule has 3 aromatic rings. The highest BCUT2D eigenvalue weighted by molar-refractivity contribution is 9.10. The number of amides is 1. The highest BCUT2D eigenvalue weighted by atomic mass is 79.9. The zero-order chi connectivity index (χ0) is 20.1. The van der Waals surface area contributed by atoms with Gasteiger partial charge in [-0.25, -0.2) is 5.43 Å².